The molecule has 2 aromatic rings. The van der Waals surface area contributed by atoms with E-state index < -0.39 is 7.12 Å². The number of hydrogen-bond acceptors (Lipinski definition) is 4. The summed E-state index contributed by atoms with van der Waals surface area (Å²) in [7, 11) is 0.152. The maximum absolute atomic E-state index is 9.43. The lowest BCUT2D eigenvalue weighted by Crippen LogP contribution is -2.32. The van der Waals surface area contributed by atoms with E-state index in [0.29, 0.717) is 11.2 Å². The van der Waals surface area contributed by atoms with Crippen LogP contribution in [0.1, 0.15) is 16.7 Å². The zero-order valence-corrected chi connectivity index (χ0v) is 13.1. The van der Waals surface area contributed by atoms with Gasteiger partial charge in [-0.2, -0.15) is 11.8 Å². The number of thioether (sulfide) groups is 1. The largest absolute Gasteiger partial charge is 0.497 e. The third-order valence-corrected chi connectivity index (χ3v) is 4.29. The minimum Gasteiger partial charge on any atom is -0.497 e. The number of rotatable bonds is 6. The van der Waals surface area contributed by atoms with Crippen LogP contribution in [0.2, 0.25) is 0 Å². The van der Waals surface area contributed by atoms with Gasteiger partial charge in [0.15, 0.2) is 0 Å². The van der Waals surface area contributed by atoms with Crippen molar-refractivity contribution in [1.82, 2.24) is 0 Å². The molecular weight excluding hydrogens is 283 g/mol. The minimum atomic E-state index is -1.45. The lowest BCUT2D eigenvalue weighted by atomic mass is 9.77. The maximum atomic E-state index is 9.43. The highest BCUT2D eigenvalue weighted by molar-refractivity contribution is 7.97. The number of methoxy groups -OCH3 is 1. The van der Waals surface area contributed by atoms with Gasteiger partial charge in [-0.05, 0) is 35.6 Å². The summed E-state index contributed by atoms with van der Waals surface area (Å²) in [5.74, 6) is 2.32. The summed E-state index contributed by atoms with van der Waals surface area (Å²) in [5, 5.41) is 18.9. The number of aryl methyl sites for hydroxylation is 1. The molecule has 2 N–H and O–H groups in total. The van der Waals surface area contributed by atoms with Gasteiger partial charge in [-0.25, -0.2) is 0 Å². The third-order valence-electron chi connectivity index (χ3n) is 3.24. The maximum Gasteiger partial charge on any atom is 0.488 e. The minimum absolute atomic E-state index is 0.535. The van der Waals surface area contributed by atoms with Crippen molar-refractivity contribution in [3.8, 4) is 5.75 Å². The number of benzene rings is 2. The average molecular weight is 302 g/mol. The van der Waals surface area contributed by atoms with Crippen molar-refractivity contribution in [1.29, 1.82) is 0 Å². The fourth-order valence-electron chi connectivity index (χ4n) is 2.17. The first-order valence-electron chi connectivity index (χ1n) is 6.76. The van der Waals surface area contributed by atoms with Crippen LogP contribution in [0.5, 0.6) is 5.75 Å². The van der Waals surface area contributed by atoms with Gasteiger partial charge in [-0.15, -0.1) is 0 Å². The van der Waals surface area contributed by atoms with Crippen molar-refractivity contribution in [3.63, 3.8) is 0 Å². The first-order valence-corrected chi connectivity index (χ1v) is 7.92. The Morgan fingerprint density at radius 2 is 1.90 bits per heavy atom. The van der Waals surface area contributed by atoms with Crippen LogP contribution in [0.25, 0.3) is 0 Å². The summed E-state index contributed by atoms with van der Waals surface area (Å²) >= 11 is 1.74. The monoisotopic (exact) mass is 302 g/mol. The average Bonchev–Trinajstić information content (AvgIpc) is 2.47. The van der Waals surface area contributed by atoms with Crippen molar-refractivity contribution in [2.75, 3.05) is 7.11 Å². The van der Waals surface area contributed by atoms with Crippen LogP contribution >= 0.6 is 11.8 Å². The Hall–Kier alpha value is -1.43. The Kier molecular flexibility index (Phi) is 5.73. The normalized spacial score (nSPS) is 10.5. The van der Waals surface area contributed by atoms with E-state index in [-0.39, 0.29) is 0 Å². The zero-order valence-electron chi connectivity index (χ0n) is 12.2. The second-order valence-corrected chi connectivity index (χ2v) is 5.91. The predicted octanol–water partition coefficient (Wildman–Crippen LogP) is 2.12. The quantitative estimate of drug-likeness (QED) is 0.803. The summed E-state index contributed by atoms with van der Waals surface area (Å²) in [4.78, 5) is 0. The highest BCUT2D eigenvalue weighted by atomic mass is 32.2. The fraction of sp³-hybridized carbons (Fsp3) is 0.250. The van der Waals surface area contributed by atoms with Crippen molar-refractivity contribution in [3.05, 3.63) is 59.2 Å². The Bertz CT molecular complexity index is 602. The van der Waals surface area contributed by atoms with Gasteiger partial charge in [0.05, 0.1) is 7.11 Å². The Labute approximate surface area is 130 Å². The first kappa shape index (κ1) is 16.0. The zero-order chi connectivity index (χ0) is 15.2. The van der Waals surface area contributed by atoms with E-state index in [0.717, 1.165) is 17.1 Å². The molecule has 0 saturated heterocycles. The molecule has 0 spiro atoms. The standard InChI is InChI=1S/C16H19BO3S/c1-12-4-3-5-13(8-12)10-21-11-14-9-15(20-2)6-7-16(14)17(18)19/h3-9,18-19H,10-11H2,1-2H3. The lowest BCUT2D eigenvalue weighted by Gasteiger charge is -2.11. The molecule has 0 aliphatic rings. The molecule has 2 aromatic carbocycles. The van der Waals surface area contributed by atoms with Crippen LogP contribution in [0.15, 0.2) is 42.5 Å². The second-order valence-electron chi connectivity index (χ2n) is 4.92. The molecule has 0 aliphatic carbocycles. The highest BCUT2D eigenvalue weighted by Gasteiger charge is 2.16. The smallest absolute Gasteiger partial charge is 0.488 e. The number of hydrogen-bond donors (Lipinski definition) is 2. The van der Waals surface area contributed by atoms with Gasteiger partial charge in [-0.1, -0.05) is 35.9 Å². The molecule has 2 rings (SSSR count). The van der Waals surface area contributed by atoms with Crippen LogP contribution in [0, 0.1) is 6.92 Å². The predicted molar refractivity (Wildman–Crippen MR) is 89.0 cm³/mol. The van der Waals surface area contributed by atoms with Crippen molar-refractivity contribution < 1.29 is 14.8 Å². The van der Waals surface area contributed by atoms with E-state index in [2.05, 4.69) is 31.2 Å². The van der Waals surface area contributed by atoms with Crippen molar-refractivity contribution in [2.45, 2.75) is 18.4 Å². The first-order chi connectivity index (χ1) is 10.1. The summed E-state index contributed by atoms with van der Waals surface area (Å²) in [5.41, 5.74) is 3.95. The van der Waals surface area contributed by atoms with E-state index in [9.17, 15) is 10.0 Å². The van der Waals surface area contributed by atoms with Gasteiger partial charge < -0.3 is 14.8 Å². The molecule has 110 valence electrons. The van der Waals surface area contributed by atoms with Gasteiger partial charge in [0.2, 0.25) is 0 Å². The molecule has 0 atom stereocenters. The molecule has 21 heavy (non-hydrogen) atoms. The Morgan fingerprint density at radius 1 is 1.10 bits per heavy atom. The van der Waals surface area contributed by atoms with Gasteiger partial charge in [0.25, 0.3) is 0 Å². The molecule has 0 saturated carbocycles. The molecule has 0 fully saturated rings. The molecule has 0 aliphatic heterocycles. The van der Waals surface area contributed by atoms with Crippen molar-refractivity contribution >= 4 is 24.3 Å². The van der Waals surface area contributed by atoms with E-state index in [4.69, 9.17) is 4.74 Å². The summed E-state index contributed by atoms with van der Waals surface area (Å²) in [6.45, 7) is 2.08. The van der Waals surface area contributed by atoms with Gasteiger partial charge in [0, 0.05) is 11.5 Å². The molecule has 5 heteroatoms. The van der Waals surface area contributed by atoms with Gasteiger partial charge in [-0.3, -0.25) is 0 Å². The molecular formula is C16H19BO3S. The van der Waals surface area contributed by atoms with Crippen molar-refractivity contribution in [2.24, 2.45) is 0 Å². The molecule has 0 bridgehead atoms. The molecule has 0 heterocycles. The SMILES string of the molecule is COc1ccc(B(O)O)c(CSCc2cccc(C)c2)c1. The van der Waals surface area contributed by atoms with Crippen LogP contribution in [0.3, 0.4) is 0 Å². The van der Waals surface area contributed by atoms with E-state index in [1.165, 1.54) is 11.1 Å². The van der Waals surface area contributed by atoms with Crippen LogP contribution < -0.4 is 10.2 Å². The topological polar surface area (TPSA) is 49.7 Å². The fourth-order valence-corrected chi connectivity index (χ4v) is 3.15. The van der Waals surface area contributed by atoms with Gasteiger partial charge in [0.1, 0.15) is 5.75 Å². The molecule has 0 amide bonds. The Balaban J connectivity index is 2.04. The molecule has 0 unspecified atom stereocenters. The molecule has 0 radical (unpaired) electrons. The second kappa shape index (κ2) is 7.55. The third kappa shape index (κ3) is 4.53. The summed E-state index contributed by atoms with van der Waals surface area (Å²) in [6.07, 6.45) is 0. The van der Waals surface area contributed by atoms with Crippen LogP contribution in [-0.4, -0.2) is 24.3 Å². The summed E-state index contributed by atoms with van der Waals surface area (Å²) in [6, 6.07) is 13.7. The van der Waals surface area contributed by atoms with Gasteiger partial charge >= 0.3 is 7.12 Å². The lowest BCUT2D eigenvalue weighted by molar-refractivity contribution is 0.413. The Morgan fingerprint density at radius 3 is 2.57 bits per heavy atom. The van der Waals surface area contributed by atoms with E-state index in [1.807, 2.05) is 6.07 Å². The summed E-state index contributed by atoms with van der Waals surface area (Å²) < 4.78 is 5.20. The highest BCUT2D eigenvalue weighted by Crippen LogP contribution is 2.20. The van der Waals surface area contributed by atoms with Crippen LogP contribution in [-0.2, 0) is 11.5 Å². The molecule has 0 aromatic heterocycles. The molecule has 3 nitrogen and oxygen atoms in total. The van der Waals surface area contributed by atoms with Crippen LogP contribution in [0.4, 0.5) is 0 Å². The number of ether oxygens (including phenoxy) is 1. The van der Waals surface area contributed by atoms with E-state index >= 15 is 0 Å². The van der Waals surface area contributed by atoms with E-state index in [1.54, 1.807) is 31.0 Å².